The van der Waals surface area contributed by atoms with Crippen molar-refractivity contribution in [1.82, 2.24) is 14.9 Å². The number of carbonyl (C=O) groups is 1. The highest BCUT2D eigenvalue weighted by Gasteiger charge is 2.23. The van der Waals surface area contributed by atoms with Crippen LogP contribution in [-0.2, 0) is 22.6 Å². The maximum Gasteiger partial charge on any atom is 0.249 e. The molecule has 2 aromatic carbocycles. The Bertz CT molecular complexity index is 995. The molecule has 1 aromatic heterocycles. The lowest BCUT2D eigenvalue weighted by Crippen LogP contribution is -2.34. The molecule has 1 N–H and O–H groups in total. The number of nitrogens with one attached hydrogen (secondary N) is 1. The lowest BCUT2D eigenvalue weighted by molar-refractivity contribution is -0.130. The minimum absolute atomic E-state index is 0.0625. The molecule has 0 spiro atoms. The quantitative estimate of drug-likeness (QED) is 0.549. The number of para-hydroxylation sites is 2. The van der Waals surface area contributed by atoms with E-state index in [1.807, 2.05) is 42.5 Å². The number of nitrogens with zero attached hydrogens (tertiary/aromatic N) is 2. The number of methoxy groups -OCH3 is 1. The number of benzene rings is 2. The van der Waals surface area contributed by atoms with Crippen molar-refractivity contribution in [1.29, 1.82) is 0 Å². The van der Waals surface area contributed by atoms with Crippen LogP contribution in [0, 0.1) is 0 Å². The van der Waals surface area contributed by atoms with E-state index < -0.39 is 0 Å². The van der Waals surface area contributed by atoms with Crippen LogP contribution in [0.15, 0.2) is 48.5 Å². The fourth-order valence-electron chi connectivity index (χ4n) is 3.68. The van der Waals surface area contributed by atoms with Gasteiger partial charge in [-0.1, -0.05) is 18.2 Å². The fourth-order valence-corrected chi connectivity index (χ4v) is 3.68. The van der Waals surface area contributed by atoms with Crippen molar-refractivity contribution in [3.8, 4) is 11.5 Å². The lowest BCUT2D eigenvalue weighted by atomic mass is 10.2. The molecule has 30 heavy (non-hydrogen) atoms. The Hall–Kier alpha value is -3.06. The van der Waals surface area contributed by atoms with Crippen LogP contribution < -0.4 is 14.8 Å². The highest BCUT2D eigenvalue weighted by molar-refractivity contribution is 5.81. The number of hydrogen-bond acceptors (Lipinski definition) is 5. The molecule has 1 atom stereocenters. The first-order valence-corrected chi connectivity index (χ1v) is 10.3. The molecule has 7 nitrogen and oxygen atoms in total. The van der Waals surface area contributed by atoms with Gasteiger partial charge in [-0.3, -0.25) is 4.79 Å². The molecule has 7 heteroatoms. The third-order valence-corrected chi connectivity index (χ3v) is 5.21. The summed E-state index contributed by atoms with van der Waals surface area (Å²) in [4.78, 5) is 17.0. The van der Waals surface area contributed by atoms with E-state index in [-0.39, 0.29) is 12.0 Å². The number of carbonyl (C=O) groups excluding carboxylic acids is 1. The van der Waals surface area contributed by atoms with Crippen molar-refractivity contribution in [3.05, 3.63) is 54.4 Å². The third-order valence-electron chi connectivity index (χ3n) is 5.21. The summed E-state index contributed by atoms with van der Waals surface area (Å²) in [6.45, 7) is 2.35. The van der Waals surface area contributed by atoms with Crippen LogP contribution in [0.5, 0.6) is 11.5 Å². The molecule has 1 aliphatic heterocycles. The molecule has 1 aliphatic rings. The zero-order valence-electron chi connectivity index (χ0n) is 17.2. The number of rotatable bonds is 9. The molecule has 0 aliphatic carbocycles. The van der Waals surface area contributed by atoms with Crippen molar-refractivity contribution in [2.24, 2.45) is 0 Å². The Balaban J connectivity index is 1.39. The molecule has 1 amide bonds. The van der Waals surface area contributed by atoms with Gasteiger partial charge in [-0.2, -0.15) is 0 Å². The highest BCUT2D eigenvalue weighted by Crippen LogP contribution is 2.20. The standard InChI is InChI=1S/C23H27N3O4/c1-28-17-7-4-8-18(15-17)29-14-6-12-26-20-10-3-2-9-19(20)25-22(26)16-24-23(27)21-11-5-13-30-21/h2-4,7-10,15,21H,5-6,11-14,16H2,1H3,(H,24,27). The topological polar surface area (TPSA) is 74.6 Å². The summed E-state index contributed by atoms with van der Waals surface area (Å²) in [5.41, 5.74) is 1.98. The normalized spacial score (nSPS) is 16.0. The molecule has 3 aromatic rings. The molecule has 0 saturated carbocycles. The maximum absolute atomic E-state index is 12.3. The second kappa shape index (κ2) is 9.63. The zero-order valence-corrected chi connectivity index (χ0v) is 17.2. The van der Waals surface area contributed by atoms with E-state index in [1.54, 1.807) is 7.11 Å². The minimum atomic E-state index is -0.334. The van der Waals surface area contributed by atoms with E-state index in [9.17, 15) is 4.79 Å². The molecule has 2 heterocycles. The fraction of sp³-hybridized carbons (Fsp3) is 0.391. The summed E-state index contributed by atoms with van der Waals surface area (Å²) < 4.78 is 18.7. The van der Waals surface area contributed by atoms with Gasteiger partial charge in [-0.25, -0.2) is 4.98 Å². The first-order chi connectivity index (χ1) is 14.7. The number of amides is 1. The van der Waals surface area contributed by atoms with Crippen LogP contribution in [0.2, 0.25) is 0 Å². The van der Waals surface area contributed by atoms with Gasteiger partial charge >= 0.3 is 0 Å². The summed E-state index contributed by atoms with van der Waals surface area (Å²) in [7, 11) is 1.64. The maximum atomic E-state index is 12.3. The third kappa shape index (κ3) is 4.74. The number of ether oxygens (including phenoxy) is 3. The molecule has 0 bridgehead atoms. The second-order valence-electron chi connectivity index (χ2n) is 7.27. The summed E-state index contributed by atoms with van der Waals surface area (Å²) in [5.74, 6) is 2.34. The average Bonchev–Trinajstić information content (AvgIpc) is 3.44. The smallest absolute Gasteiger partial charge is 0.249 e. The van der Waals surface area contributed by atoms with E-state index in [0.29, 0.717) is 19.8 Å². The molecule has 1 saturated heterocycles. The van der Waals surface area contributed by atoms with Crippen molar-refractivity contribution in [3.63, 3.8) is 0 Å². The van der Waals surface area contributed by atoms with Crippen LogP contribution in [0.25, 0.3) is 11.0 Å². The van der Waals surface area contributed by atoms with E-state index in [0.717, 1.165) is 54.2 Å². The van der Waals surface area contributed by atoms with E-state index >= 15 is 0 Å². The Morgan fingerprint density at radius 1 is 1.23 bits per heavy atom. The van der Waals surface area contributed by atoms with Gasteiger partial charge in [0.2, 0.25) is 5.91 Å². The SMILES string of the molecule is COc1cccc(OCCCn2c(CNC(=O)C3CCCO3)nc3ccccc32)c1. The van der Waals surface area contributed by atoms with Gasteiger partial charge in [-0.15, -0.1) is 0 Å². The molecule has 158 valence electrons. The molecular formula is C23H27N3O4. The Kier molecular flexibility index (Phi) is 6.49. The van der Waals surface area contributed by atoms with Gasteiger partial charge in [0.05, 0.1) is 31.3 Å². The average molecular weight is 409 g/mol. The minimum Gasteiger partial charge on any atom is -0.497 e. The second-order valence-corrected chi connectivity index (χ2v) is 7.27. The number of aryl methyl sites for hydroxylation is 1. The van der Waals surface area contributed by atoms with Crippen LogP contribution in [-0.4, -0.2) is 41.9 Å². The van der Waals surface area contributed by atoms with E-state index in [2.05, 4.69) is 16.0 Å². The zero-order chi connectivity index (χ0) is 20.8. The number of fused-ring (bicyclic) bond motifs is 1. The van der Waals surface area contributed by atoms with Crippen molar-refractivity contribution in [2.45, 2.75) is 38.5 Å². The van der Waals surface area contributed by atoms with Gasteiger partial charge in [0.15, 0.2) is 0 Å². The Labute approximate surface area is 176 Å². The lowest BCUT2D eigenvalue weighted by Gasteiger charge is -2.13. The van der Waals surface area contributed by atoms with Crippen LogP contribution in [0.4, 0.5) is 0 Å². The summed E-state index contributed by atoms with van der Waals surface area (Å²) >= 11 is 0. The van der Waals surface area contributed by atoms with Gasteiger partial charge in [0.1, 0.15) is 23.4 Å². The largest absolute Gasteiger partial charge is 0.497 e. The molecule has 4 rings (SSSR count). The number of aromatic nitrogens is 2. The molecular weight excluding hydrogens is 382 g/mol. The van der Waals surface area contributed by atoms with Gasteiger partial charge in [0.25, 0.3) is 0 Å². The Morgan fingerprint density at radius 3 is 2.93 bits per heavy atom. The summed E-state index contributed by atoms with van der Waals surface area (Å²) in [5, 5.41) is 2.98. The van der Waals surface area contributed by atoms with Crippen LogP contribution in [0.1, 0.15) is 25.1 Å². The molecule has 0 radical (unpaired) electrons. The van der Waals surface area contributed by atoms with E-state index in [1.165, 1.54) is 0 Å². The van der Waals surface area contributed by atoms with Crippen LogP contribution in [0.3, 0.4) is 0 Å². The highest BCUT2D eigenvalue weighted by atomic mass is 16.5. The van der Waals surface area contributed by atoms with Gasteiger partial charge < -0.3 is 24.1 Å². The number of imidazole rings is 1. The van der Waals surface area contributed by atoms with Crippen molar-refractivity contribution >= 4 is 16.9 Å². The first-order valence-electron chi connectivity index (χ1n) is 10.3. The number of hydrogen-bond donors (Lipinski definition) is 1. The van der Waals surface area contributed by atoms with Crippen molar-refractivity contribution in [2.75, 3.05) is 20.3 Å². The van der Waals surface area contributed by atoms with Crippen LogP contribution >= 0.6 is 0 Å². The van der Waals surface area contributed by atoms with Gasteiger partial charge in [0, 0.05) is 19.2 Å². The predicted molar refractivity (Wildman–Crippen MR) is 114 cm³/mol. The predicted octanol–water partition coefficient (Wildman–Crippen LogP) is 3.31. The first kappa shape index (κ1) is 20.2. The summed E-state index contributed by atoms with van der Waals surface area (Å²) in [6.07, 6.45) is 2.19. The molecule has 1 unspecified atom stereocenters. The summed E-state index contributed by atoms with van der Waals surface area (Å²) in [6, 6.07) is 15.6. The van der Waals surface area contributed by atoms with E-state index in [4.69, 9.17) is 19.2 Å². The molecule has 1 fully saturated rings. The van der Waals surface area contributed by atoms with Gasteiger partial charge in [-0.05, 0) is 43.5 Å². The van der Waals surface area contributed by atoms with Crippen molar-refractivity contribution < 1.29 is 19.0 Å². The Morgan fingerprint density at radius 2 is 2.10 bits per heavy atom. The monoisotopic (exact) mass is 409 g/mol.